The van der Waals surface area contributed by atoms with Crippen LogP contribution in [0.25, 0.3) is 0 Å². The number of nitrogens with one attached hydrogen (secondary N) is 1. The summed E-state index contributed by atoms with van der Waals surface area (Å²) < 4.78 is 10.1. The van der Waals surface area contributed by atoms with E-state index in [1.54, 1.807) is 53.4 Å². The summed E-state index contributed by atoms with van der Waals surface area (Å²) in [5.41, 5.74) is 1.38. The lowest BCUT2D eigenvalue weighted by Crippen LogP contribution is -2.30. The molecule has 2 aromatic carbocycles. The van der Waals surface area contributed by atoms with Crippen molar-refractivity contribution in [2.45, 2.75) is 13.8 Å². The van der Waals surface area contributed by atoms with Crippen molar-refractivity contribution in [2.75, 3.05) is 31.6 Å². The van der Waals surface area contributed by atoms with Crippen LogP contribution < -0.4 is 10.1 Å². The van der Waals surface area contributed by atoms with Gasteiger partial charge < -0.3 is 19.7 Å². The average Bonchev–Trinajstić information content (AvgIpc) is 2.77. The summed E-state index contributed by atoms with van der Waals surface area (Å²) in [6.45, 7) is 4.11. The Kier molecular flexibility index (Phi) is 8.56. The fraction of sp³-hybridized carbons (Fsp3) is 0.273. The smallest absolute Gasteiger partial charge is 0.344 e. The highest BCUT2D eigenvalue weighted by Gasteiger charge is 2.14. The zero-order chi connectivity index (χ0) is 21.9. The fourth-order valence-corrected chi connectivity index (χ4v) is 2.59. The van der Waals surface area contributed by atoms with Crippen molar-refractivity contribution in [1.29, 1.82) is 0 Å². The SMILES string of the molecule is CCN(CC)C(=O)c1cccc(NC(=O)COC(=O)COc2ccc(C=O)cc2)c1. The first-order valence-electron chi connectivity index (χ1n) is 9.49. The molecule has 0 bridgehead atoms. The molecule has 0 heterocycles. The number of carbonyl (C=O) groups excluding carboxylic acids is 4. The predicted molar refractivity (Wildman–Crippen MR) is 111 cm³/mol. The number of aldehydes is 1. The van der Waals surface area contributed by atoms with Crippen molar-refractivity contribution in [3.05, 3.63) is 59.7 Å². The highest BCUT2D eigenvalue weighted by Crippen LogP contribution is 2.13. The van der Waals surface area contributed by atoms with Gasteiger partial charge in [0.25, 0.3) is 11.8 Å². The molecule has 2 amide bonds. The van der Waals surface area contributed by atoms with Crippen LogP contribution in [0.2, 0.25) is 0 Å². The van der Waals surface area contributed by atoms with Gasteiger partial charge in [-0.1, -0.05) is 6.07 Å². The van der Waals surface area contributed by atoms with Crippen LogP contribution in [-0.2, 0) is 14.3 Å². The van der Waals surface area contributed by atoms with Crippen LogP contribution in [-0.4, -0.2) is 55.3 Å². The largest absolute Gasteiger partial charge is 0.482 e. The summed E-state index contributed by atoms with van der Waals surface area (Å²) in [5.74, 6) is -0.973. The van der Waals surface area contributed by atoms with E-state index in [0.717, 1.165) is 0 Å². The van der Waals surface area contributed by atoms with E-state index in [9.17, 15) is 19.2 Å². The van der Waals surface area contributed by atoms with Crippen molar-refractivity contribution in [2.24, 2.45) is 0 Å². The van der Waals surface area contributed by atoms with Crippen LogP contribution in [0.5, 0.6) is 5.75 Å². The quantitative estimate of drug-likeness (QED) is 0.475. The number of hydrogen-bond acceptors (Lipinski definition) is 6. The van der Waals surface area contributed by atoms with Crippen LogP contribution >= 0.6 is 0 Å². The number of ether oxygens (including phenoxy) is 2. The summed E-state index contributed by atoms with van der Waals surface area (Å²) in [7, 11) is 0. The Bertz CT molecular complexity index is 891. The summed E-state index contributed by atoms with van der Waals surface area (Å²) in [6, 6.07) is 12.8. The van der Waals surface area contributed by atoms with Crippen molar-refractivity contribution in [3.8, 4) is 5.75 Å². The molecule has 2 rings (SSSR count). The second-order valence-corrected chi connectivity index (χ2v) is 6.24. The number of benzene rings is 2. The van der Waals surface area contributed by atoms with Crippen LogP contribution in [0.3, 0.4) is 0 Å². The van der Waals surface area contributed by atoms with Crippen molar-refractivity contribution >= 4 is 29.8 Å². The lowest BCUT2D eigenvalue weighted by molar-refractivity contribution is -0.149. The summed E-state index contributed by atoms with van der Waals surface area (Å²) in [5, 5.41) is 2.59. The first kappa shape index (κ1) is 22.6. The molecule has 158 valence electrons. The Morgan fingerprint density at radius 3 is 2.33 bits per heavy atom. The highest BCUT2D eigenvalue weighted by molar-refractivity contribution is 5.97. The number of esters is 1. The lowest BCUT2D eigenvalue weighted by Gasteiger charge is -2.19. The van der Waals surface area contributed by atoms with Gasteiger partial charge in [0.2, 0.25) is 0 Å². The summed E-state index contributed by atoms with van der Waals surface area (Å²) in [4.78, 5) is 48.5. The molecule has 2 aromatic rings. The fourth-order valence-electron chi connectivity index (χ4n) is 2.59. The number of anilines is 1. The van der Waals surface area contributed by atoms with Gasteiger partial charge in [-0.05, 0) is 56.3 Å². The van der Waals surface area contributed by atoms with Crippen molar-refractivity contribution in [1.82, 2.24) is 4.90 Å². The van der Waals surface area contributed by atoms with Crippen molar-refractivity contribution < 1.29 is 28.7 Å². The van der Waals surface area contributed by atoms with E-state index in [0.29, 0.717) is 41.9 Å². The molecule has 0 unspecified atom stereocenters. The van der Waals surface area contributed by atoms with Crippen LogP contribution in [0, 0.1) is 0 Å². The standard InChI is InChI=1S/C22H24N2O6/c1-3-24(4-2)22(28)17-6-5-7-18(12-17)23-20(26)14-30-21(27)15-29-19-10-8-16(13-25)9-11-19/h5-13H,3-4,14-15H2,1-2H3,(H,23,26). The van der Waals surface area contributed by atoms with Gasteiger partial charge in [0.15, 0.2) is 13.2 Å². The normalized spacial score (nSPS) is 10.1. The third kappa shape index (κ3) is 6.73. The molecular formula is C22H24N2O6. The monoisotopic (exact) mass is 412 g/mol. The van der Waals surface area contributed by atoms with E-state index in [1.165, 1.54) is 0 Å². The third-order valence-corrected chi connectivity index (χ3v) is 4.18. The van der Waals surface area contributed by atoms with Crippen LogP contribution in [0.4, 0.5) is 5.69 Å². The van der Waals surface area contributed by atoms with E-state index in [4.69, 9.17) is 9.47 Å². The van der Waals surface area contributed by atoms with Gasteiger partial charge in [-0.25, -0.2) is 4.79 Å². The molecule has 0 aromatic heterocycles. The molecule has 0 atom stereocenters. The Morgan fingerprint density at radius 2 is 1.70 bits per heavy atom. The zero-order valence-corrected chi connectivity index (χ0v) is 16.9. The van der Waals surface area contributed by atoms with Crippen molar-refractivity contribution in [3.63, 3.8) is 0 Å². The topological polar surface area (TPSA) is 102 Å². The molecule has 0 spiro atoms. The molecule has 0 aliphatic rings. The summed E-state index contributed by atoms with van der Waals surface area (Å²) >= 11 is 0. The van der Waals surface area contributed by atoms with E-state index in [-0.39, 0.29) is 12.5 Å². The highest BCUT2D eigenvalue weighted by atomic mass is 16.6. The molecule has 8 nitrogen and oxygen atoms in total. The second kappa shape index (κ2) is 11.4. The molecule has 1 N–H and O–H groups in total. The zero-order valence-electron chi connectivity index (χ0n) is 16.9. The third-order valence-electron chi connectivity index (χ3n) is 4.18. The Labute approximate surface area is 174 Å². The Hall–Kier alpha value is -3.68. The Morgan fingerprint density at radius 1 is 1.00 bits per heavy atom. The van der Waals surface area contributed by atoms with Gasteiger partial charge in [-0.15, -0.1) is 0 Å². The number of amides is 2. The first-order valence-corrected chi connectivity index (χ1v) is 9.49. The molecule has 8 heteroatoms. The van der Waals surface area contributed by atoms with E-state index >= 15 is 0 Å². The maximum absolute atomic E-state index is 12.4. The first-order chi connectivity index (χ1) is 14.5. The van der Waals surface area contributed by atoms with Gasteiger partial charge in [0, 0.05) is 29.9 Å². The molecule has 30 heavy (non-hydrogen) atoms. The molecule has 0 aliphatic heterocycles. The van der Waals surface area contributed by atoms with Gasteiger partial charge >= 0.3 is 5.97 Å². The number of carbonyl (C=O) groups is 4. The molecule has 0 saturated heterocycles. The van der Waals surface area contributed by atoms with Gasteiger partial charge in [-0.3, -0.25) is 14.4 Å². The second-order valence-electron chi connectivity index (χ2n) is 6.24. The minimum absolute atomic E-state index is 0.124. The number of hydrogen-bond donors (Lipinski definition) is 1. The lowest BCUT2D eigenvalue weighted by atomic mass is 10.1. The molecule has 0 aliphatic carbocycles. The van der Waals surface area contributed by atoms with Gasteiger partial charge in [0.05, 0.1) is 0 Å². The maximum atomic E-state index is 12.4. The minimum Gasteiger partial charge on any atom is -0.482 e. The molecule has 0 radical (unpaired) electrons. The minimum atomic E-state index is -0.713. The molecule has 0 fully saturated rings. The Balaban J connectivity index is 1.81. The van der Waals surface area contributed by atoms with Gasteiger partial charge in [-0.2, -0.15) is 0 Å². The summed E-state index contributed by atoms with van der Waals surface area (Å²) in [6.07, 6.45) is 0.700. The van der Waals surface area contributed by atoms with Gasteiger partial charge in [0.1, 0.15) is 12.0 Å². The average molecular weight is 412 g/mol. The molecular weight excluding hydrogens is 388 g/mol. The maximum Gasteiger partial charge on any atom is 0.344 e. The van der Waals surface area contributed by atoms with E-state index in [1.807, 2.05) is 13.8 Å². The van der Waals surface area contributed by atoms with Crippen LogP contribution in [0.1, 0.15) is 34.6 Å². The van der Waals surface area contributed by atoms with E-state index in [2.05, 4.69) is 5.32 Å². The predicted octanol–water partition coefficient (Wildman–Crippen LogP) is 2.54. The van der Waals surface area contributed by atoms with Crippen LogP contribution in [0.15, 0.2) is 48.5 Å². The number of rotatable bonds is 10. The molecule has 0 saturated carbocycles. The number of nitrogens with zero attached hydrogens (tertiary/aromatic N) is 1. The van der Waals surface area contributed by atoms with E-state index < -0.39 is 18.5 Å².